The minimum Gasteiger partial charge on any atom is -0.302 e. The van der Waals surface area contributed by atoms with Crippen LogP contribution in [0.3, 0.4) is 0 Å². The Hall–Kier alpha value is -2.79. The molecule has 0 saturated carbocycles. The summed E-state index contributed by atoms with van der Waals surface area (Å²) in [4.78, 5) is 30.3. The van der Waals surface area contributed by atoms with Gasteiger partial charge in [0.1, 0.15) is 0 Å². The summed E-state index contributed by atoms with van der Waals surface area (Å²) in [5.41, 5.74) is 4.95. The maximum atomic E-state index is 12.4. The van der Waals surface area contributed by atoms with Crippen LogP contribution in [0.4, 0.5) is 5.13 Å². The lowest BCUT2D eigenvalue weighted by molar-refractivity contribution is -0.116. The first-order valence-corrected chi connectivity index (χ1v) is 10.6. The maximum Gasteiger partial charge on any atom is 0.226 e. The fourth-order valence-corrected chi connectivity index (χ4v) is 3.89. The zero-order valence-corrected chi connectivity index (χ0v) is 18.1. The molecule has 0 spiro atoms. The van der Waals surface area contributed by atoms with Gasteiger partial charge in [0, 0.05) is 28.8 Å². The van der Waals surface area contributed by atoms with E-state index in [1.807, 2.05) is 62.4 Å². The summed E-state index contributed by atoms with van der Waals surface area (Å²) in [5.74, 6) is 0.212. The summed E-state index contributed by atoms with van der Waals surface area (Å²) in [6.07, 6.45) is 0.325. The van der Waals surface area contributed by atoms with E-state index < -0.39 is 0 Å². The molecule has 0 bridgehead atoms. The van der Waals surface area contributed by atoms with Crippen molar-refractivity contribution in [3.05, 3.63) is 70.1 Å². The smallest absolute Gasteiger partial charge is 0.226 e. The van der Waals surface area contributed by atoms with Crippen LogP contribution in [0, 0.1) is 13.8 Å². The minimum absolute atomic E-state index is 0.0221. The van der Waals surface area contributed by atoms with E-state index in [0.29, 0.717) is 16.6 Å². The quantitative estimate of drug-likeness (QED) is 0.479. The Balaban J connectivity index is 1.57. The predicted molar refractivity (Wildman–Crippen MR) is 120 cm³/mol. The van der Waals surface area contributed by atoms with Gasteiger partial charge in [0.2, 0.25) is 5.91 Å². The third-order valence-electron chi connectivity index (χ3n) is 4.85. The van der Waals surface area contributed by atoms with Crippen molar-refractivity contribution in [3.8, 4) is 11.3 Å². The van der Waals surface area contributed by atoms with Crippen molar-refractivity contribution in [2.24, 2.45) is 0 Å². The zero-order valence-electron chi connectivity index (χ0n) is 17.3. The fourth-order valence-electron chi connectivity index (χ4n) is 3.04. The van der Waals surface area contributed by atoms with Crippen molar-refractivity contribution >= 4 is 28.2 Å². The Morgan fingerprint density at radius 3 is 2.24 bits per heavy atom. The van der Waals surface area contributed by atoms with E-state index >= 15 is 0 Å². The van der Waals surface area contributed by atoms with Crippen LogP contribution in [0.2, 0.25) is 0 Å². The lowest BCUT2D eigenvalue weighted by atomic mass is 9.99. The average Bonchev–Trinajstić information content (AvgIpc) is 3.06. The Bertz CT molecular complexity index is 1000. The number of hydrogen-bond donors (Lipinski definition) is 1. The standard InChI is InChI=1S/C24H26N2O2S/c1-15(2)18-9-11-19(12-10-18)21(27)13-14-22(28)25-24-26-23(17(4)29-24)20-7-5-16(3)6-8-20/h5-12,15H,13-14H2,1-4H3,(H,25,26,28). The molecule has 4 nitrogen and oxygen atoms in total. The molecule has 5 heteroatoms. The van der Waals surface area contributed by atoms with Gasteiger partial charge in [0.05, 0.1) is 5.69 Å². The SMILES string of the molecule is Cc1ccc(-c2nc(NC(=O)CCC(=O)c3ccc(C(C)C)cc3)sc2C)cc1. The topological polar surface area (TPSA) is 59.1 Å². The number of hydrogen-bond acceptors (Lipinski definition) is 4. The summed E-state index contributed by atoms with van der Waals surface area (Å²) in [5, 5.41) is 3.40. The van der Waals surface area contributed by atoms with Crippen molar-refractivity contribution in [3.63, 3.8) is 0 Å². The Kier molecular flexibility index (Phi) is 6.60. The van der Waals surface area contributed by atoms with Crippen LogP contribution in [0.25, 0.3) is 11.3 Å². The molecule has 0 unspecified atom stereocenters. The van der Waals surface area contributed by atoms with Gasteiger partial charge in [-0.25, -0.2) is 4.98 Å². The van der Waals surface area contributed by atoms with Gasteiger partial charge in [0.15, 0.2) is 10.9 Å². The number of amides is 1. The Morgan fingerprint density at radius 1 is 0.966 bits per heavy atom. The van der Waals surface area contributed by atoms with Crippen LogP contribution in [0.5, 0.6) is 0 Å². The summed E-state index contributed by atoms with van der Waals surface area (Å²) >= 11 is 1.45. The second-order valence-corrected chi connectivity index (χ2v) is 8.74. The number of nitrogens with zero attached hydrogens (tertiary/aromatic N) is 1. The number of nitrogens with one attached hydrogen (secondary N) is 1. The summed E-state index contributed by atoms with van der Waals surface area (Å²) in [6.45, 7) is 8.27. The number of carbonyl (C=O) groups excluding carboxylic acids is 2. The molecule has 0 saturated heterocycles. The number of aromatic nitrogens is 1. The van der Waals surface area contributed by atoms with Gasteiger partial charge >= 0.3 is 0 Å². The van der Waals surface area contributed by atoms with Crippen LogP contribution in [-0.4, -0.2) is 16.7 Å². The Morgan fingerprint density at radius 2 is 1.62 bits per heavy atom. The highest BCUT2D eigenvalue weighted by atomic mass is 32.1. The number of benzene rings is 2. The molecular formula is C24H26N2O2S. The molecule has 0 radical (unpaired) electrons. The van der Waals surface area contributed by atoms with Gasteiger partial charge in [-0.15, -0.1) is 11.3 Å². The van der Waals surface area contributed by atoms with Crippen molar-refractivity contribution in [2.75, 3.05) is 5.32 Å². The number of rotatable bonds is 7. The molecule has 1 N–H and O–H groups in total. The van der Waals surface area contributed by atoms with Crippen LogP contribution in [-0.2, 0) is 4.79 Å². The fraction of sp³-hybridized carbons (Fsp3) is 0.292. The largest absolute Gasteiger partial charge is 0.302 e. The second-order valence-electron chi connectivity index (χ2n) is 7.54. The van der Waals surface area contributed by atoms with Gasteiger partial charge < -0.3 is 5.32 Å². The van der Waals surface area contributed by atoms with E-state index in [2.05, 4.69) is 24.1 Å². The van der Waals surface area contributed by atoms with Gasteiger partial charge in [-0.1, -0.05) is 67.9 Å². The lowest BCUT2D eigenvalue weighted by Crippen LogP contribution is -2.13. The molecule has 0 fully saturated rings. The molecule has 1 heterocycles. The number of aryl methyl sites for hydroxylation is 2. The number of Topliss-reactive ketones (excluding diaryl/α,β-unsaturated/α-hetero) is 1. The lowest BCUT2D eigenvalue weighted by Gasteiger charge is -2.06. The molecule has 1 aromatic heterocycles. The van der Waals surface area contributed by atoms with Gasteiger partial charge in [-0.3, -0.25) is 9.59 Å². The van der Waals surface area contributed by atoms with Crippen LogP contribution in [0.1, 0.15) is 59.0 Å². The third kappa shape index (κ3) is 5.39. The van der Waals surface area contributed by atoms with Crippen LogP contribution in [0.15, 0.2) is 48.5 Å². The second kappa shape index (κ2) is 9.14. The number of thiazole rings is 1. The minimum atomic E-state index is -0.193. The van der Waals surface area contributed by atoms with Crippen molar-refractivity contribution in [2.45, 2.75) is 46.5 Å². The van der Waals surface area contributed by atoms with Crippen molar-refractivity contribution in [1.29, 1.82) is 0 Å². The average molecular weight is 407 g/mol. The third-order valence-corrected chi connectivity index (χ3v) is 5.73. The molecule has 3 aromatic rings. The highest BCUT2D eigenvalue weighted by molar-refractivity contribution is 7.16. The van der Waals surface area contributed by atoms with E-state index in [0.717, 1.165) is 16.1 Å². The number of anilines is 1. The highest BCUT2D eigenvalue weighted by Gasteiger charge is 2.14. The normalized spacial score (nSPS) is 10.9. The molecule has 3 rings (SSSR count). The monoisotopic (exact) mass is 406 g/mol. The first kappa shape index (κ1) is 20.9. The molecule has 29 heavy (non-hydrogen) atoms. The van der Waals surface area contributed by atoms with Crippen LogP contribution >= 0.6 is 11.3 Å². The summed E-state index contributed by atoms with van der Waals surface area (Å²) in [6, 6.07) is 15.8. The first-order valence-electron chi connectivity index (χ1n) is 9.81. The molecule has 0 aliphatic rings. The summed E-state index contributed by atoms with van der Waals surface area (Å²) in [7, 11) is 0. The van der Waals surface area contributed by atoms with E-state index in [4.69, 9.17) is 0 Å². The molecule has 150 valence electrons. The van der Waals surface area contributed by atoms with Crippen molar-refractivity contribution in [1.82, 2.24) is 4.98 Å². The molecule has 0 atom stereocenters. The van der Waals surface area contributed by atoms with Gasteiger partial charge in [-0.2, -0.15) is 0 Å². The van der Waals surface area contributed by atoms with E-state index in [1.165, 1.54) is 22.5 Å². The van der Waals surface area contributed by atoms with E-state index in [1.54, 1.807) is 0 Å². The van der Waals surface area contributed by atoms with Gasteiger partial charge in [-0.05, 0) is 25.3 Å². The van der Waals surface area contributed by atoms with E-state index in [9.17, 15) is 9.59 Å². The number of carbonyl (C=O) groups is 2. The maximum absolute atomic E-state index is 12.4. The Labute approximate surface area is 176 Å². The first-order chi connectivity index (χ1) is 13.8. The molecule has 2 aromatic carbocycles. The molecule has 0 aliphatic heterocycles. The molecule has 0 aliphatic carbocycles. The van der Waals surface area contributed by atoms with E-state index in [-0.39, 0.29) is 24.5 Å². The summed E-state index contributed by atoms with van der Waals surface area (Å²) < 4.78 is 0. The highest BCUT2D eigenvalue weighted by Crippen LogP contribution is 2.30. The zero-order chi connectivity index (χ0) is 21.0. The number of ketones is 1. The molecular weight excluding hydrogens is 380 g/mol. The molecule has 1 amide bonds. The predicted octanol–water partition coefficient (Wildman–Crippen LogP) is 6.15. The van der Waals surface area contributed by atoms with Crippen molar-refractivity contribution < 1.29 is 9.59 Å². The van der Waals surface area contributed by atoms with Crippen LogP contribution < -0.4 is 5.32 Å². The van der Waals surface area contributed by atoms with Gasteiger partial charge in [0.25, 0.3) is 0 Å².